The van der Waals surface area contributed by atoms with Crippen molar-refractivity contribution in [3.05, 3.63) is 35.5 Å². The van der Waals surface area contributed by atoms with Crippen LogP contribution in [0, 0.1) is 18.3 Å². The van der Waals surface area contributed by atoms with Crippen LogP contribution in [-0.4, -0.2) is 27.5 Å². The maximum atomic E-state index is 12.1. The van der Waals surface area contributed by atoms with Crippen LogP contribution < -0.4 is 16.4 Å². The van der Waals surface area contributed by atoms with Gasteiger partial charge in [-0.05, 0) is 24.6 Å². The smallest absolute Gasteiger partial charge is 0.234 e. The van der Waals surface area contributed by atoms with Crippen molar-refractivity contribution in [2.75, 3.05) is 22.1 Å². The minimum Gasteiger partial charge on any atom is -0.382 e. The highest BCUT2D eigenvalue weighted by Gasteiger charge is 2.09. The van der Waals surface area contributed by atoms with Crippen LogP contribution >= 0.6 is 11.8 Å². The zero-order valence-corrected chi connectivity index (χ0v) is 14.5. The first-order valence-electron chi connectivity index (χ1n) is 7.22. The fourth-order valence-electron chi connectivity index (χ4n) is 1.88. The molecule has 2 amide bonds. The molecule has 1 aromatic carbocycles. The van der Waals surface area contributed by atoms with E-state index in [2.05, 4.69) is 20.6 Å². The fraction of sp³-hybridized carbons (Fsp3) is 0.188. The molecule has 0 aliphatic heterocycles. The number of benzene rings is 1. The molecule has 0 atom stereocenters. The number of nitrogens with two attached hydrogens (primary N) is 1. The standard InChI is InChI=1S/C16H16N6O2S/c1-9-3-4-12(5-13(9)20-10(2)23)21-14(24)8-25-16-19-7-11(6-17)15(18)22-16/h3-5,7H,8H2,1-2H3,(H,20,23)(H,21,24)(H2,18,19,22). The van der Waals surface area contributed by atoms with Crippen LogP contribution in [0.25, 0.3) is 0 Å². The molecule has 0 aliphatic rings. The quantitative estimate of drug-likeness (QED) is 0.550. The predicted molar refractivity (Wildman–Crippen MR) is 96.0 cm³/mol. The molecule has 0 aliphatic carbocycles. The molecule has 0 spiro atoms. The Kier molecular flexibility index (Phi) is 5.92. The number of hydrogen-bond acceptors (Lipinski definition) is 7. The van der Waals surface area contributed by atoms with Crippen LogP contribution in [0.2, 0.25) is 0 Å². The number of carbonyl (C=O) groups excluding carboxylic acids is 2. The average molecular weight is 356 g/mol. The summed E-state index contributed by atoms with van der Waals surface area (Å²) in [5.41, 5.74) is 7.91. The van der Waals surface area contributed by atoms with Crippen LogP contribution in [-0.2, 0) is 9.59 Å². The zero-order valence-electron chi connectivity index (χ0n) is 13.7. The molecular weight excluding hydrogens is 340 g/mol. The van der Waals surface area contributed by atoms with E-state index in [1.165, 1.54) is 13.1 Å². The first-order chi connectivity index (χ1) is 11.9. The lowest BCUT2D eigenvalue weighted by molar-refractivity contribution is -0.114. The molecule has 1 aromatic heterocycles. The van der Waals surface area contributed by atoms with Gasteiger partial charge in [0.05, 0.1) is 11.9 Å². The highest BCUT2D eigenvalue weighted by Crippen LogP contribution is 2.21. The van der Waals surface area contributed by atoms with Gasteiger partial charge in [0.25, 0.3) is 0 Å². The number of nitrogen functional groups attached to an aromatic ring is 1. The van der Waals surface area contributed by atoms with Gasteiger partial charge in [-0.2, -0.15) is 5.26 Å². The second kappa shape index (κ2) is 8.12. The van der Waals surface area contributed by atoms with Gasteiger partial charge in [0, 0.05) is 18.3 Å². The third-order valence-corrected chi connectivity index (χ3v) is 3.94. The van der Waals surface area contributed by atoms with Crippen LogP contribution in [0.3, 0.4) is 0 Å². The first-order valence-corrected chi connectivity index (χ1v) is 8.21. The molecule has 1 heterocycles. The van der Waals surface area contributed by atoms with Gasteiger partial charge in [0.1, 0.15) is 17.5 Å². The summed E-state index contributed by atoms with van der Waals surface area (Å²) >= 11 is 1.11. The molecule has 0 saturated heterocycles. The van der Waals surface area contributed by atoms with Gasteiger partial charge < -0.3 is 16.4 Å². The van der Waals surface area contributed by atoms with Gasteiger partial charge in [0.2, 0.25) is 11.8 Å². The Bertz CT molecular complexity index is 862. The topological polar surface area (TPSA) is 134 Å². The number of nitrogens with zero attached hydrogens (tertiary/aromatic N) is 3. The van der Waals surface area contributed by atoms with E-state index in [9.17, 15) is 9.59 Å². The average Bonchev–Trinajstić information content (AvgIpc) is 2.56. The fourth-order valence-corrected chi connectivity index (χ4v) is 2.51. The largest absolute Gasteiger partial charge is 0.382 e. The summed E-state index contributed by atoms with van der Waals surface area (Å²) in [6.07, 6.45) is 1.32. The highest BCUT2D eigenvalue weighted by molar-refractivity contribution is 7.99. The third kappa shape index (κ3) is 5.19. The van der Waals surface area contributed by atoms with Crippen LogP contribution in [0.1, 0.15) is 18.1 Å². The van der Waals surface area contributed by atoms with E-state index in [1.807, 2.05) is 13.0 Å². The van der Waals surface area contributed by atoms with Crippen LogP contribution in [0.15, 0.2) is 29.6 Å². The predicted octanol–water partition coefficient (Wildman–Crippen LogP) is 1.93. The molecule has 0 unspecified atom stereocenters. The summed E-state index contributed by atoms with van der Waals surface area (Å²) in [5.74, 6) is -0.278. The van der Waals surface area contributed by atoms with E-state index in [1.54, 1.807) is 18.2 Å². The number of carbonyl (C=O) groups is 2. The summed E-state index contributed by atoms with van der Waals surface area (Å²) < 4.78 is 0. The number of aromatic nitrogens is 2. The van der Waals surface area contributed by atoms with E-state index in [0.717, 1.165) is 17.3 Å². The molecule has 8 nitrogen and oxygen atoms in total. The SMILES string of the molecule is CC(=O)Nc1cc(NC(=O)CSc2ncc(C#N)c(N)n2)ccc1C. The number of aryl methyl sites for hydroxylation is 1. The number of nitriles is 1. The highest BCUT2D eigenvalue weighted by atomic mass is 32.2. The molecule has 9 heteroatoms. The molecule has 0 saturated carbocycles. The summed E-state index contributed by atoms with van der Waals surface area (Å²) in [7, 11) is 0. The maximum Gasteiger partial charge on any atom is 0.234 e. The molecule has 0 fully saturated rings. The Morgan fingerprint density at radius 2 is 2.12 bits per heavy atom. The van der Waals surface area contributed by atoms with Gasteiger partial charge >= 0.3 is 0 Å². The van der Waals surface area contributed by atoms with Crippen molar-refractivity contribution >= 4 is 40.8 Å². The van der Waals surface area contributed by atoms with Gasteiger partial charge in [0.15, 0.2) is 5.16 Å². The van der Waals surface area contributed by atoms with Crippen molar-refractivity contribution in [1.82, 2.24) is 9.97 Å². The lowest BCUT2D eigenvalue weighted by Gasteiger charge is -2.10. The number of hydrogen-bond donors (Lipinski definition) is 3. The van der Waals surface area contributed by atoms with Crippen LogP contribution in [0.5, 0.6) is 0 Å². The van der Waals surface area contributed by atoms with Gasteiger partial charge in [-0.25, -0.2) is 9.97 Å². The Labute approximate surface area is 148 Å². The zero-order chi connectivity index (χ0) is 18.4. The second-order valence-corrected chi connectivity index (χ2v) is 6.05. The molecule has 25 heavy (non-hydrogen) atoms. The summed E-state index contributed by atoms with van der Waals surface area (Å²) in [6, 6.07) is 7.12. The maximum absolute atomic E-state index is 12.1. The van der Waals surface area contributed by atoms with Crippen molar-refractivity contribution in [3.63, 3.8) is 0 Å². The Morgan fingerprint density at radius 1 is 1.36 bits per heavy atom. The Morgan fingerprint density at radius 3 is 2.76 bits per heavy atom. The number of amides is 2. The minimum absolute atomic E-state index is 0.0781. The monoisotopic (exact) mass is 356 g/mol. The number of rotatable bonds is 5. The normalized spacial score (nSPS) is 9.96. The Balaban J connectivity index is 1.97. The number of anilines is 3. The molecule has 4 N–H and O–H groups in total. The second-order valence-electron chi connectivity index (χ2n) is 5.11. The summed E-state index contributed by atoms with van der Waals surface area (Å²) in [4.78, 5) is 31.2. The van der Waals surface area contributed by atoms with Crippen molar-refractivity contribution in [2.45, 2.75) is 19.0 Å². The van der Waals surface area contributed by atoms with Crippen molar-refractivity contribution < 1.29 is 9.59 Å². The lowest BCUT2D eigenvalue weighted by Crippen LogP contribution is -2.15. The molecule has 2 rings (SSSR count). The molecule has 128 valence electrons. The Hall–Kier alpha value is -3.12. The van der Waals surface area contributed by atoms with E-state index in [0.29, 0.717) is 16.5 Å². The van der Waals surface area contributed by atoms with Gasteiger partial charge in [-0.1, -0.05) is 17.8 Å². The molecular formula is C16H16N6O2S. The first kappa shape index (κ1) is 18.2. The number of thioether (sulfide) groups is 1. The van der Waals surface area contributed by atoms with E-state index in [4.69, 9.17) is 11.0 Å². The summed E-state index contributed by atoms with van der Waals surface area (Å²) in [5, 5.41) is 14.5. The van der Waals surface area contributed by atoms with Crippen molar-refractivity contribution in [1.29, 1.82) is 5.26 Å². The van der Waals surface area contributed by atoms with E-state index in [-0.39, 0.29) is 28.9 Å². The van der Waals surface area contributed by atoms with Crippen molar-refractivity contribution in [2.24, 2.45) is 0 Å². The third-order valence-electron chi connectivity index (χ3n) is 3.08. The summed E-state index contributed by atoms with van der Waals surface area (Å²) in [6.45, 7) is 3.28. The molecule has 2 aromatic rings. The van der Waals surface area contributed by atoms with Crippen LogP contribution in [0.4, 0.5) is 17.2 Å². The molecule has 0 bridgehead atoms. The van der Waals surface area contributed by atoms with Gasteiger partial charge in [-0.15, -0.1) is 0 Å². The van der Waals surface area contributed by atoms with E-state index < -0.39 is 0 Å². The van der Waals surface area contributed by atoms with E-state index >= 15 is 0 Å². The number of nitrogens with one attached hydrogen (secondary N) is 2. The van der Waals surface area contributed by atoms with Crippen molar-refractivity contribution in [3.8, 4) is 6.07 Å². The lowest BCUT2D eigenvalue weighted by atomic mass is 10.2. The van der Waals surface area contributed by atoms with Gasteiger partial charge in [-0.3, -0.25) is 9.59 Å². The molecule has 0 radical (unpaired) electrons. The minimum atomic E-state index is -0.255.